The molecule has 0 bridgehead atoms. The number of aryl methyl sites for hydroxylation is 1. The van der Waals surface area contributed by atoms with E-state index in [1.165, 1.54) is 25.1 Å². The van der Waals surface area contributed by atoms with Gasteiger partial charge in [0.15, 0.2) is 29.1 Å². The molecule has 35 heavy (non-hydrogen) atoms. The van der Waals surface area contributed by atoms with Crippen LogP contribution >= 0.6 is 0 Å². The van der Waals surface area contributed by atoms with Gasteiger partial charge in [0, 0.05) is 17.7 Å². The molecule has 0 spiro atoms. The van der Waals surface area contributed by atoms with Gasteiger partial charge in [0.05, 0.1) is 10.9 Å². The lowest BCUT2D eigenvalue weighted by molar-refractivity contribution is -0.185. The topological polar surface area (TPSA) is 18.5 Å². The van der Waals surface area contributed by atoms with Crippen LogP contribution in [0.2, 0.25) is 0 Å². The molecule has 182 valence electrons. The van der Waals surface area contributed by atoms with E-state index in [-0.39, 0.29) is 34.4 Å². The van der Waals surface area contributed by atoms with Gasteiger partial charge in [-0.1, -0.05) is 12.1 Å². The third kappa shape index (κ3) is 4.73. The summed E-state index contributed by atoms with van der Waals surface area (Å²) in [6.45, 7) is 0.929. The van der Waals surface area contributed by atoms with Crippen molar-refractivity contribution in [1.82, 2.24) is 0 Å². The van der Waals surface area contributed by atoms with Crippen molar-refractivity contribution in [2.24, 2.45) is 0 Å². The number of alkyl halides is 2. The van der Waals surface area contributed by atoms with Gasteiger partial charge in [-0.2, -0.15) is 8.78 Å². The quantitative estimate of drug-likeness (QED) is 0.201. The number of benzene rings is 4. The first-order valence-electron chi connectivity index (χ1n) is 9.98. The Kier molecular flexibility index (Phi) is 6.31. The number of halogens is 8. The SMILES string of the molecule is Cc1cc2ccc(COc3ccc(C(F)(F)Oc4cc(F)c(F)c(F)c4)cc3)c(F)c2c(F)c1F. The Morgan fingerprint density at radius 3 is 1.94 bits per heavy atom. The van der Waals surface area contributed by atoms with E-state index in [1.54, 1.807) is 0 Å². The normalized spacial score (nSPS) is 11.7. The highest BCUT2D eigenvalue weighted by atomic mass is 19.3. The predicted octanol–water partition coefficient (Wildman–Crippen LogP) is 7.69. The third-order valence-electron chi connectivity index (χ3n) is 5.17. The van der Waals surface area contributed by atoms with E-state index in [0.717, 1.165) is 24.3 Å². The molecular formula is C25H14F8O2. The maximum atomic E-state index is 14.8. The summed E-state index contributed by atoms with van der Waals surface area (Å²) in [5, 5.41) is -0.370. The number of hydrogen-bond acceptors (Lipinski definition) is 2. The van der Waals surface area contributed by atoms with Crippen LogP contribution in [0.4, 0.5) is 35.1 Å². The predicted molar refractivity (Wildman–Crippen MR) is 110 cm³/mol. The van der Waals surface area contributed by atoms with E-state index < -0.39 is 64.3 Å². The molecule has 0 fully saturated rings. The van der Waals surface area contributed by atoms with Crippen molar-refractivity contribution in [2.45, 2.75) is 19.6 Å². The van der Waals surface area contributed by atoms with Crippen LogP contribution < -0.4 is 9.47 Å². The lowest BCUT2D eigenvalue weighted by atomic mass is 10.0. The molecule has 0 aromatic heterocycles. The van der Waals surface area contributed by atoms with Crippen LogP contribution in [0.15, 0.2) is 54.6 Å². The van der Waals surface area contributed by atoms with Gasteiger partial charge in [-0.3, -0.25) is 0 Å². The summed E-state index contributed by atoms with van der Waals surface area (Å²) in [4.78, 5) is 0. The summed E-state index contributed by atoms with van der Waals surface area (Å²) in [5.74, 6) is -9.64. The number of rotatable bonds is 6. The largest absolute Gasteiger partial charge is 0.489 e. The van der Waals surface area contributed by atoms with E-state index in [4.69, 9.17) is 4.74 Å². The molecule has 0 saturated carbocycles. The second-order valence-corrected chi connectivity index (χ2v) is 7.59. The highest BCUT2D eigenvalue weighted by Gasteiger charge is 2.35. The van der Waals surface area contributed by atoms with Crippen molar-refractivity contribution in [2.75, 3.05) is 0 Å². The molecule has 4 rings (SSSR count). The van der Waals surface area contributed by atoms with Crippen molar-refractivity contribution < 1.29 is 44.6 Å². The van der Waals surface area contributed by atoms with Gasteiger partial charge < -0.3 is 9.47 Å². The average molecular weight is 498 g/mol. The minimum absolute atomic E-state index is 0.0222. The Hall–Kier alpha value is -3.82. The minimum Gasteiger partial charge on any atom is -0.489 e. The maximum Gasteiger partial charge on any atom is 0.426 e. The third-order valence-corrected chi connectivity index (χ3v) is 5.17. The van der Waals surface area contributed by atoms with Gasteiger partial charge >= 0.3 is 6.11 Å². The molecular weight excluding hydrogens is 484 g/mol. The maximum absolute atomic E-state index is 14.8. The fourth-order valence-electron chi connectivity index (χ4n) is 3.37. The van der Waals surface area contributed by atoms with Gasteiger partial charge in [0.1, 0.15) is 23.9 Å². The van der Waals surface area contributed by atoms with Gasteiger partial charge in [0.2, 0.25) is 0 Å². The van der Waals surface area contributed by atoms with E-state index in [1.807, 2.05) is 0 Å². The molecule has 4 aromatic carbocycles. The second-order valence-electron chi connectivity index (χ2n) is 7.59. The van der Waals surface area contributed by atoms with Crippen molar-refractivity contribution in [3.8, 4) is 11.5 Å². The summed E-state index contributed by atoms with van der Waals surface area (Å²) >= 11 is 0. The van der Waals surface area contributed by atoms with Crippen LogP contribution in [-0.4, -0.2) is 0 Å². The van der Waals surface area contributed by atoms with E-state index in [0.29, 0.717) is 0 Å². The van der Waals surface area contributed by atoms with E-state index in [9.17, 15) is 35.1 Å². The zero-order valence-electron chi connectivity index (χ0n) is 17.7. The molecule has 10 heteroatoms. The lowest BCUT2D eigenvalue weighted by Crippen LogP contribution is -2.22. The summed E-state index contributed by atoms with van der Waals surface area (Å²) < 4.78 is 121. The molecule has 0 atom stereocenters. The number of ether oxygens (including phenoxy) is 2. The van der Waals surface area contributed by atoms with Crippen molar-refractivity contribution in [3.05, 3.63) is 106 Å². The first-order valence-corrected chi connectivity index (χ1v) is 9.98. The molecule has 0 radical (unpaired) electrons. The van der Waals surface area contributed by atoms with Crippen LogP contribution in [0.1, 0.15) is 16.7 Å². The monoisotopic (exact) mass is 498 g/mol. The van der Waals surface area contributed by atoms with Crippen molar-refractivity contribution in [3.63, 3.8) is 0 Å². The standard InChI is InChI=1S/C25H14F8O2/c1-12-8-13-2-3-14(22(29)20(13)24(31)21(12)28)11-34-16-6-4-15(5-7-16)25(32,33)35-17-9-18(26)23(30)19(27)10-17/h2-10H,11H2,1H3. The van der Waals surface area contributed by atoms with Gasteiger partial charge in [-0.25, -0.2) is 26.3 Å². The molecule has 2 nitrogen and oxygen atoms in total. The number of hydrogen-bond donors (Lipinski definition) is 0. The Labute approximate surface area is 193 Å². The zero-order chi connectivity index (χ0) is 25.5. The first kappa shape index (κ1) is 24.3. The Balaban J connectivity index is 1.50. The smallest absolute Gasteiger partial charge is 0.426 e. The van der Waals surface area contributed by atoms with E-state index in [2.05, 4.69) is 4.74 Å². The molecule has 0 saturated heterocycles. The van der Waals surface area contributed by atoms with Crippen molar-refractivity contribution in [1.29, 1.82) is 0 Å². The molecule has 0 amide bonds. The second kappa shape index (κ2) is 9.09. The molecule has 0 N–H and O–H groups in total. The van der Waals surface area contributed by atoms with Crippen LogP contribution in [0, 0.1) is 41.8 Å². The highest BCUT2D eigenvalue weighted by Crippen LogP contribution is 2.34. The number of fused-ring (bicyclic) bond motifs is 1. The molecule has 0 unspecified atom stereocenters. The first-order chi connectivity index (χ1) is 16.5. The Morgan fingerprint density at radius 2 is 1.31 bits per heavy atom. The highest BCUT2D eigenvalue weighted by molar-refractivity contribution is 5.85. The summed E-state index contributed by atoms with van der Waals surface area (Å²) in [5.41, 5.74) is -0.800. The summed E-state index contributed by atoms with van der Waals surface area (Å²) in [7, 11) is 0. The average Bonchev–Trinajstić information content (AvgIpc) is 2.80. The minimum atomic E-state index is -4.04. The van der Waals surface area contributed by atoms with Crippen LogP contribution in [-0.2, 0) is 12.7 Å². The van der Waals surface area contributed by atoms with Crippen LogP contribution in [0.5, 0.6) is 11.5 Å². The molecule has 0 heterocycles. The van der Waals surface area contributed by atoms with Crippen LogP contribution in [0.25, 0.3) is 10.8 Å². The fraction of sp³-hybridized carbons (Fsp3) is 0.120. The molecule has 0 aliphatic rings. The van der Waals surface area contributed by atoms with Gasteiger partial charge in [-0.05, 0) is 48.2 Å². The Morgan fingerprint density at radius 1 is 0.686 bits per heavy atom. The Bertz CT molecular complexity index is 1390. The summed E-state index contributed by atoms with van der Waals surface area (Å²) in [6.07, 6.45) is -4.04. The van der Waals surface area contributed by atoms with E-state index >= 15 is 0 Å². The van der Waals surface area contributed by atoms with Gasteiger partial charge in [-0.15, -0.1) is 0 Å². The zero-order valence-corrected chi connectivity index (χ0v) is 17.7. The lowest BCUT2D eigenvalue weighted by Gasteiger charge is -2.19. The molecule has 0 aliphatic heterocycles. The molecule has 0 aliphatic carbocycles. The fourth-order valence-corrected chi connectivity index (χ4v) is 3.37. The summed E-state index contributed by atoms with van der Waals surface area (Å²) in [6, 6.07) is 8.55. The van der Waals surface area contributed by atoms with Crippen LogP contribution in [0.3, 0.4) is 0 Å². The van der Waals surface area contributed by atoms with Gasteiger partial charge in [0.25, 0.3) is 0 Å². The molecule has 4 aromatic rings. The van der Waals surface area contributed by atoms with Crippen molar-refractivity contribution >= 4 is 10.8 Å².